The van der Waals surface area contributed by atoms with E-state index in [9.17, 15) is 5.26 Å². The van der Waals surface area contributed by atoms with E-state index in [2.05, 4.69) is 16.3 Å². The number of hydrogen-bond acceptors (Lipinski definition) is 6. The fraction of sp³-hybridized carbons (Fsp3) is 0.182. The smallest absolute Gasteiger partial charge is 0.244 e. The van der Waals surface area contributed by atoms with Gasteiger partial charge in [-0.3, -0.25) is 5.10 Å². The van der Waals surface area contributed by atoms with Crippen molar-refractivity contribution >= 4 is 23.2 Å². The molecule has 3 N–H and O–H groups in total. The van der Waals surface area contributed by atoms with Crippen LogP contribution in [0.4, 0.5) is 0 Å². The van der Waals surface area contributed by atoms with Crippen LogP contribution >= 0.6 is 23.2 Å². The number of rotatable bonds is 5. The molecule has 1 aromatic heterocycles. The Morgan fingerprint density at radius 1 is 1.23 bits per heavy atom. The molecule has 0 bridgehead atoms. The molecule has 3 aromatic rings. The minimum Gasteiger partial charge on any atom is -0.493 e. The molecule has 1 aliphatic heterocycles. The number of hydrogen-bond donors (Lipinski definition) is 2. The number of allylic oxidation sites excluding steroid dienone is 1. The van der Waals surface area contributed by atoms with Gasteiger partial charge in [0.1, 0.15) is 11.6 Å². The third kappa shape index (κ3) is 3.65. The van der Waals surface area contributed by atoms with Crippen LogP contribution in [0.5, 0.6) is 17.4 Å². The Morgan fingerprint density at radius 3 is 2.71 bits per heavy atom. The topological polar surface area (TPSA) is 106 Å². The fourth-order valence-corrected chi connectivity index (χ4v) is 4.13. The number of fused-ring (bicyclic) bond motifs is 1. The molecular weight excluding hydrogens is 439 g/mol. The second-order valence-corrected chi connectivity index (χ2v) is 7.55. The molecule has 0 aliphatic carbocycles. The first kappa shape index (κ1) is 20.9. The Bertz CT molecular complexity index is 1230. The summed E-state index contributed by atoms with van der Waals surface area (Å²) in [6.07, 6.45) is 0. The number of aromatic amines is 1. The van der Waals surface area contributed by atoms with Gasteiger partial charge in [-0.1, -0.05) is 29.3 Å². The highest BCUT2D eigenvalue weighted by Crippen LogP contribution is 2.48. The van der Waals surface area contributed by atoms with Gasteiger partial charge in [-0.25, -0.2) is 0 Å². The molecule has 2 heterocycles. The Kier molecular flexibility index (Phi) is 5.68. The number of nitrogens with zero attached hydrogens (tertiary/aromatic N) is 2. The lowest BCUT2D eigenvalue weighted by Gasteiger charge is -2.25. The van der Waals surface area contributed by atoms with Crippen LogP contribution in [-0.2, 0) is 0 Å². The van der Waals surface area contributed by atoms with E-state index in [4.69, 9.17) is 43.1 Å². The molecule has 2 aromatic carbocycles. The fourth-order valence-electron chi connectivity index (χ4n) is 3.61. The molecule has 0 saturated carbocycles. The van der Waals surface area contributed by atoms with Gasteiger partial charge in [-0.15, -0.1) is 5.10 Å². The Balaban J connectivity index is 1.92. The predicted octanol–water partition coefficient (Wildman–Crippen LogP) is 5.01. The highest BCUT2D eigenvalue weighted by molar-refractivity contribution is 6.35. The van der Waals surface area contributed by atoms with Gasteiger partial charge < -0.3 is 19.9 Å². The molecule has 0 unspecified atom stereocenters. The standard InChI is InChI=1S/C22H18Cl2N4O3/c1-3-30-16-7-4-11(8-17(16)29-2)20-19-18(13-6-5-12(23)9-15(13)24)14(10-25)21(26)31-22(19)28-27-20/h4-9,18H,3,26H2,1-2H3,(H,27,28)/t18-/m0/s1. The number of nitriles is 1. The number of methoxy groups -OCH3 is 1. The maximum Gasteiger partial charge on any atom is 0.244 e. The van der Waals surface area contributed by atoms with Crippen molar-refractivity contribution in [3.8, 4) is 34.7 Å². The van der Waals surface area contributed by atoms with E-state index in [1.165, 1.54) is 0 Å². The Morgan fingerprint density at radius 2 is 2.03 bits per heavy atom. The number of ether oxygens (including phenoxy) is 3. The summed E-state index contributed by atoms with van der Waals surface area (Å²) in [5, 5.41) is 18.0. The third-order valence-corrected chi connectivity index (χ3v) is 5.53. The second-order valence-electron chi connectivity index (χ2n) is 6.71. The van der Waals surface area contributed by atoms with Crippen molar-refractivity contribution in [2.45, 2.75) is 12.8 Å². The molecule has 0 fully saturated rings. The van der Waals surface area contributed by atoms with Gasteiger partial charge in [0.15, 0.2) is 11.5 Å². The van der Waals surface area contributed by atoms with Gasteiger partial charge in [-0.05, 0) is 42.8 Å². The molecule has 31 heavy (non-hydrogen) atoms. The maximum atomic E-state index is 9.84. The minimum atomic E-state index is -0.593. The van der Waals surface area contributed by atoms with E-state index in [1.54, 1.807) is 25.3 Å². The zero-order valence-electron chi connectivity index (χ0n) is 16.7. The Labute approximate surface area is 188 Å². The molecule has 1 aliphatic rings. The summed E-state index contributed by atoms with van der Waals surface area (Å²) in [6.45, 7) is 2.41. The summed E-state index contributed by atoms with van der Waals surface area (Å²) in [6, 6.07) is 12.8. The van der Waals surface area contributed by atoms with Crippen molar-refractivity contribution in [3.63, 3.8) is 0 Å². The summed E-state index contributed by atoms with van der Waals surface area (Å²) in [5.74, 6) is 0.849. The molecule has 0 radical (unpaired) electrons. The van der Waals surface area contributed by atoms with E-state index in [-0.39, 0.29) is 17.3 Å². The first-order chi connectivity index (χ1) is 15.0. The minimum absolute atomic E-state index is 0.0201. The number of benzene rings is 2. The van der Waals surface area contributed by atoms with Crippen molar-refractivity contribution in [1.29, 1.82) is 5.26 Å². The molecular formula is C22H18Cl2N4O3. The van der Waals surface area contributed by atoms with E-state index in [0.717, 1.165) is 5.56 Å². The zero-order valence-corrected chi connectivity index (χ0v) is 18.2. The molecule has 158 valence electrons. The van der Waals surface area contributed by atoms with Gasteiger partial charge >= 0.3 is 0 Å². The predicted molar refractivity (Wildman–Crippen MR) is 118 cm³/mol. The van der Waals surface area contributed by atoms with Crippen LogP contribution in [0.25, 0.3) is 11.3 Å². The van der Waals surface area contributed by atoms with Crippen LogP contribution in [0, 0.1) is 11.3 Å². The van der Waals surface area contributed by atoms with Crippen molar-refractivity contribution in [2.75, 3.05) is 13.7 Å². The molecule has 7 nitrogen and oxygen atoms in total. The van der Waals surface area contributed by atoms with E-state index < -0.39 is 5.92 Å². The van der Waals surface area contributed by atoms with E-state index >= 15 is 0 Å². The summed E-state index contributed by atoms with van der Waals surface area (Å²) < 4.78 is 16.7. The number of halogens is 2. The van der Waals surface area contributed by atoms with Crippen LogP contribution < -0.4 is 19.9 Å². The van der Waals surface area contributed by atoms with Crippen LogP contribution in [0.15, 0.2) is 47.9 Å². The summed E-state index contributed by atoms with van der Waals surface area (Å²) in [7, 11) is 1.57. The van der Waals surface area contributed by atoms with Gasteiger partial charge in [0.05, 0.1) is 30.9 Å². The first-order valence-electron chi connectivity index (χ1n) is 9.40. The van der Waals surface area contributed by atoms with E-state index in [1.807, 2.05) is 25.1 Å². The zero-order chi connectivity index (χ0) is 22.1. The lowest BCUT2D eigenvalue weighted by Crippen LogP contribution is -2.21. The van der Waals surface area contributed by atoms with Crippen LogP contribution in [-0.4, -0.2) is 23.9 Å². The highest BCUT2D eigenvalue weighted by atomic mass is 35.5. The summed E-state index contributed by atoms with van der Waals surface area (Å²) in [4.78, 5) is 0. The van der Waals surface area contributed by atoms with Crippen molar-refractivity contribution in [2.24, 2.45) is 5.73 Å². The normalized spacial score (nSPS) is 15.1. The van der Waals surface area contributed by atoms with Crippen LogP contribution in [0.2, 0.25) is 10.0 Å². The molecule has 0 saturated heterocycles. The number of H-pyrrole nitrogens is 1. The van der Waals surface area contributed by atoms with Crippen molar-refractivity contribution in [3.05, 3.63) is 69.0 Å². The van der Waals surface area contributed by atoms with E-state index in [0.29, 0.717) is 45.0 Å². The van der Waals surface area contributed by atoms with Crippen molar-refractivity contribution in [1.82, 2.24) is 10.2 Å². The molecule has 4 rings (SSSR count). The number of nitrogens with two attached hydrogens (primary N) is 1. The Hall–Kier alpha value is -3.34. The average molecular weight is 457 g/mol. The second kappa shape index (κ2) is 8.42. The third-order valence-electron chi connectivity index (χ3n) is 4.96. The largest absolute Gasteiger partial charge is 0.493 e. The van der Waals surface area contributed by atoms with Gasteiger partial charge in [-0.2, -0.15) is 5.26 Å². The molecule has 0 amide bonds. The quantitative estimate of drug-likeness (QED) is 0.558. The lowest BCUT2D eigenvalue weighted by molar-refractivity contribution is 0.311. The molecule has 1 atom stereocenters. The first-order valence-corrected chi connectivity index (χ1v) is 10.2. The summed E-state index contributed by atoms with van der Waals surface area (Å²) >= 11 is 12.6. The van der Waals surface area contributed by atoms with Crippen LogP contribution in [0.1, 0.15) is 24.0 Å². The monoisotopic (exact) mass is 456 g/mol. The SMILES string of the molecule is CCOc1ccc(-c2[nH]nc3c2[C@@H](c2ccc(Cl)cc2Cl)C(C#N)=C(N)O3)cc1OC. The van der Waals surface area contributed by atoms with Gasteiger partial charge in [0.2, 0.25) is 11.8 Å². The van der Waals surface area contributed by atoms with Crippen LogP contribution in [0.3, 0.4) is 0 Å². The summed E-state index contributed by atoms with van der Waals surface area (Å²) in [5.41, 5.74) is 8.99. The highest BCUT2D eigenvalue weighted by Gasteiger charge is 2.36. The number of aromatic nitrogens is 2. The lowest BCUT2D eigenvalue weighted by atomic mass is 9.83. The average Bonchev–Trinajstić information content (AvgIpc) is 3.17. The number of nitrogens with one attached hydrogen (secondary N) is 1. The molecule has 0 spiro atoms. The molecule has 9 heteroatoms. The van der Waals surface area contributed by atoms with Crippen molar-refractivity contribution < 1.29 is 14.2 Å². The maximum absolute atomic E-state index is 9.84. The van der Waals surface area contributed by atoms with Gasteiger partial charge in [0, 0.05) is 15.6 Å². The van der Waals surface area contributed by atoms with Gasteiger partial charge in [0.25, 0.3) is 0 Å².